The van der Waals surface area contributed by atoms with Crippen LogP contribution in [0.15, 0.2) is 18.5 Å². The number of primary amides is 1. The first kappa shape index (κ1) is 17.9. The van der Waals surface area contributed by atoms with E-state index in [0.717, 1.165) is 0 Å². The summed E-state index contributed by atoms with van der Waals surface area (Å²) in [5.74, 6) is 0.0249. The Morgan fingerprint density at radius 3 is 2.46 bits per heavy atom. The van der Waals surface area contributed by atoms with E-state index in [1.54, 1.807) is 30.1 Å². The molecular formula is C18H22N6O2. The van der Waals surface area contributed by atoms with Crippen LogP contribution in [0.2, 0.25) is 0 Å². The van der Waals surface area contributed by atoms with Gasteiger partial charge in [-0.1, -0.05) is 20.8 Å². The van der Waals surface area contributed by atoms with Crippen LogP contribution in [0, 0.1) is 12.3 Å². The molecular weight excluding hydrogens is 332 g/mol. The molecule has 3 aromatic heterocycles. The Morgan fingerprint density at radius 1 is 1.27 bits per heavy atom. The molecule has 8 heteroatoms. The molecule has 0 saturated heterocycles. The van der Waals surface area contributed by atoms with Gasteiger partial charge in [-0.3, -0.25) is 9.48 Å². The summed E-state index contributed by atoms with van der Waals surface area (Å²) in [5, 5.41) is 14.8. The van der Waals surface area contributed by atoms with E-state index >= 15 is 0 Å². The fourth-order valence-corrected chi connectivity index (χ4v) is 2.81. The molecule has 3 heterocycles. The van der Waals surface area contributed by atoms with E-state index in [0.29, 0.717) is 40.2 Å². The zero-order valence-corrected chi connectivity index (χ0v) is 15.3. The minimum atomic E-state index is -0.621. The lowest BCUT2D eigenvalue weighted by molar-refractivity contribution is 0.0995. The van der Waals surface area contributed by atoms with Crippen molar-refractivity contribution in [2.24, 2.45) is 11.1 Å². The molecule has 26 heavy (non-hydrogen) atoms. The lowest BCUT2D eigenvalue weighted by Gasteiger charge is -2.19. The van der Waals surface area contributed by atoms with Gasteiger partial charge in [-0.05, 0) is 18.4 Å². The number of amides is 1. The fourth-order valence-electron chi connectivity index (χ4n) is 2.81. The van der Waals surface area contributed by atoms with Crippen molar-refractivity contribution in [2.45, 2.75) is 40.8 Å². The summed E-state index contributed by atoms with van der Waals surface area (Å²) in [4.78, 5) is 24.8. The van der Waals surface area contributed by atoms with Gasteiger partial charge >= 0.3 is 0 Å². The number of aryl methyl sites for hydroxylation is 1. The maximum absolute atomic E-state index is 11.9. The quantitative estimate of drug-likeness (QED) is 0.737. The summed E-state index contributed by atoms with van der Waals surface area (Å²) in [5.41, 5.74) is 7.91. The third-order valence-electron chi connectivity index (χ3n) is 3.88. The Morgan fingerprint density at radius 2 is 1.92 bits per heavy atom. The van der Waals surface area contributed by atoms with Crippen LogP contribution in [0.3, 0.4) is 0 Å². The lowest BCUT2D eigenvalue weighted by atomic mass is 9.97. The number of hydrogen-bond acceptors (Lipinski definition) is 6. The molecule has 0 unspecified atom stereocenters. The van der Waals surface area contributed by atoms with Crippen LogP contribution in [-0.4, -0.2) is 35.7 Å². The van der Waals surface area contributed by atoms with Gasteiger partial charge in [0.1, 0.15) is 5.82 Å². The van der Waals surface area contributed by atoms with Gasteiger partial charge in [0, 0.05) is 29.9 Å². The number of nitrogens with two attached hydrogens (primary N) is 1. The summed E-state index contributed by atoms with van der Waals surface area (Å²) in [7, 11) is 0. The number of aliphatic hydroxyl groups is 1. The zero-order chi connectivity index (χ0) is 19.1. The first-order chi connectivity index (χ1) is 12.2. The van der Waals surface area contributed by atoms with Crippen LogP contribution >= 0.6 is 0 Å². The first-order valence-electron chi connectivity index (χ1n) is 8.30. The predicted molar refractivity (Wildman–Crippen MR) is 97.2 cm³/mol. The highest BCUT2D eigenvalue weighted by molar-refractivity contribution is 6.05. The minimum absolute atomic E-state index is 0.0793. The van der Waals surface area contributed by atoms with Crippen molar-refractivity contribution in [3.8, 4) is 11.3 Å². The summed E-state index contributed by atoms with van der Waals surface area (Å²) < 4.78 is 1.70. The predicted octanol–water partition coefficient (Wildman–Crippen LogP) is 1.83. The van der Waals surface area contributed by atoms with Gasteiger partial charge in [0.25, 0.3) is 5.91 Å². The van der Waals surface area contributed by atoms with Crippen molar-refractivity contribution in [1.29, 1.82) is 0 Å². The minimum Gasteiger partial charge on any atom is -0.390 e. The maximum atomic E-state index is 11.9. The molecule has 0 bridgehead atoms. The van der Waals surface area contributed by atoms with Crippen molar-refractivity contribution in [3.63, 3.8) is 0 Å². The number of carbonyl (C=O) groups excluding carboxylic acids is 1. The van der Waals surface area contributed by atoms with Crippen molar-refractivity contribution in [3.05, 3.63) is 35.7 Å². The van der Waals surface area contributed by atoms with Gasteiger partial charge in [0.2, 0.25) is 0 Å². The van der Waals surface area contributed by atoms with Crippen molar-refractivity contribution >= 4 is 16.8 Å². The Bertz CT molecular complexity index is 970. The summed E-state index contributed by atoms with van der Waals surface area (Å²) >= 11 is 0. The van der Waals surface area contributed by atoms with E-state index in [-0.39, 0.29) is 17.7 Å². The third-order valence-corrected chi connectivity index (χ3v) is 3.88. The van der Waals surface area contributed by atoms with Crippen LogP contribution in [-0.2, 0) is 13.2 Å². The number of hydrogen-bond donors (Lipinski definition) is 2. The van der Waals surface area contributed by atoms with Gasteiger partial charge in [0.05, 0.1) is 23.5 Å². The molecule has 3 aromatic rings. The molecule has 0 aliphatic heterocycles. The second-order valence-corrected chi connectivity index (χ2v) is 7.46. The largest absolute Gasteiger partial charge is 0.390 e. The zero-order valence-electron chi connectivity index (χ0n) is 15.3. The number of nitrogens with zero attached hydrogens (tertiary/aromatic N) is 5. The van der Waals surface area contributed by atoms with Crippen LogP contribution in [0.1, 0.15) is 42.8 Å². The summed E-state index contributed by atoms with van der Waals surface area (Å²) in [6, 6.07) is 1.74. The SMILES string of the molecule is Cc1ncc(-c2cc3c(C(N)=O)nn(CC(C)(C)C)c3c(CO)n2)cn1. The highest BCUT2D eigenvalue weighted by Crippen LogP contribution is 2.29. The normalized spacial score (nSPS) is 11.9. The van der Waals surface area contributed by atoms with E-state index < -0.39 is 5.91 Å². The number of carbonyl (C=O) groups is 1. The standard InChI is InChI=1S/C18H22N6O2/c1-10-20-6-11(7-21-10)13-5-12-15(17(19)26)23-24(9-18(2,3)4)16(12)14(8-25)22-13/h5-7,25H,8-9H2,1-4H3,(H2,19,26). The van der Waals surface area contributed by atoms with E-state index in [9.17, 15) is 9.90 Å². The molecule has 0 aromatic carbocycles. The maximum Gasteiger partial charge on any atom is 0.269 e. The van der Waals surface area contributed by atoms with E-state index in [4.69, 9.17) is 5.73 Å². The number of pyridine rings is 1. The van der Waals surface area contributed by atoms with Gasteiger partial charge in [-0.2, -0.15) is 5.10 Å². The second-order valence-electron chi connectivity index (χ2n) is 7.46. The molecule has 3 N–H and O–H groups in total. The molecule has 136 valence electrons. The summed E-state index contributed by atoms with van der Waals surface area (Å²) in [6.07, 6.45) is 3.31. The van der Waals surface area contributed by atoms with Crippen LogP contribution in [0.5, 0.6) is 0 Å². The molecule has 0 fully saturated rings. The Labute approximate surface area is 151 Å². The summed E-state index contributed by atoms with van der Waals surface area (Å²) in [6.45, 7) is 8.25. The van der Waals surface area contributed by atoms with Crippen molar-refractivity contribution < 1.29 is 9.90 Å². The van der Waals surface area contributed by atoms with Crippen LogP contribution < -0.4 is 5.73 Å². The topological polar surface area (TPSA) is 120 Å². The molecule has 0 radical (unpaired) electrons. The Balaban J connectivity index is 2.28. The molecule has 1 amide bonds. The molecule has 3 rings (SSSR count). The Kier molecular flexibility index (Phi) is 4.45. The van der Waals surface area contributed by atoms with Crippen molar-refractivity contribution in [1.82, 2.24) is 24.7 Å². The van der Waals surface area contributed by atoms with Gasteiger partial charge < -0.3 is 10.8 Å². The van der Waals surface area contributed by atoms with Crippen LogP contribution in [0.25, 0.3) is 22.2 Å². The Hall–Kier alpha value is -2.87. The van der Waals surface area contributed by atoms with Crippen LogP contribution in [0.4, 0.5) is 0 Å². The van der Waals surface area contributed by atoms with Crippen molar-refractivity contribution in [2.75, 3.05) is 0 Å². The monoisotopic (exact) mass is 354 g/mol. The number of rotatable bonds is 4. The number of aromatic nitrogens is 5. The van der Waals surface area contributed by atoms with Gasteiger partial charge in [-0.15, -0.1) is 0 Å². The van der Waals surface area contributed by atoms with Gasteiger partial charge in [0.15, 0.2) is 5.69 Å². The average molecular weight is 354 g/mol. The lowest BCUT2D eigenvalue weighted by Crippen LogP contribution is -2.18. The number of aliphatic hydroxyl groups excluding tert-OH is 1. The molecule has 0 saturated carbocycles. The molecule has 0 aliphatic rings. The fraction of sp³-hybridized carbons (Fsp3) is 0.389. The first-order valence-corrected chi connectivity index (χ1v) is 8.30. The third kappa shape index (κ3) is 3.41. The number of fused-ring (bicyclic) bond motifs is 1. The van der Waals surface area contributed by atoms with E-state index in [1.807, 2.05) is 0 Å². The molecule has 0 spiro atoms. The molecule has 0 atom stereocenters. The van der Waals surface area contributed by atoms with E-state index in [2.05, 4.69) is 40.8 Å². The average Bonchev–Trinajstić information content (AvgIpc) is 2.91. The second kappa shape index (κ2) is 6.45. The van der Waals surface area contributed by atoms with E-state index in [1.165, 1.54) is 0 Å². The molecule has 8 nitrogen and oxygen atoms in total. The smallest absolute Gasteiger partial charge is 0.269 e. The molecule has 0 aliphatic carbocycles. The highest BCUT2D eigenvalue weighted by atomic mass is 16.3. The highest BCUT2D eigenvalue weighted by Gasteiger charge is 2.23. The van der Waals surface area contributed by atoms with Gasteiger partial charge in [-0.25, -0.2) is 15.0 Å².